The summed E-state index contributed by atoms with van der Waals surface area (Å²) >= 11 is 0. The number of hydrogen-bond donors (Lipinski definition) is 2. The predicted molar refractivity (Wildman–Crippen MR) is 219 cm³/mol. The number of rotatable bonds is 6. The number of nitrogens with one attached hydrogen (secondary N) is 2. The van der Waals surface area contributed by atoms with Crippen molar-refractivity contribution in [3.63, 3.8) is 0 Å². The summed E-state index contributed by atoms with van der Waals surface area (Å²) in [6.45, 7) is 4.11. The van der Waals surface area contributed by atoms with Gasteiger partial charge >= 0.3 is 0 Å². The van der Waals surface area contributed by atoms with Gasteiger partial charge in [0.2, 0.25) is 0 Å². The summed E-state index contributed by atoms with van der Waals surface area (Å²) in [5.41, 5.74) is 13.0. The fourth-order valence-corrected chi connectivity index (χ4v) is 7.17. The molecule has 0 amide bonds. The molecule has 2 N–H and O–H groups in total. The Labute approximate surface area is 312 Å². The quantitative estimate of drug-likeness (QED) is 0.169. The molecule has 2 aliphatic heterocycles. The lowest BCUT2D eigenvalue weighted by Crippen LogP contribution is -2.07. The molecule has 0 spiro atoms. The van der Waals surface area contributed by atoms with Gasteiger partial charge in [-0.05, 0) is 73.5 Å². The average molecular weight is 699 g/mol. The number of hydrogen-bond acceptors (Lipinski definition) is 4. The molecule has 0 radical (unpaired) electrons. The van der Waals surface area contributed by atoms with Gasteiger partial charge in [0.05, 0.1) is 33.9 Å². The van der Waals surface area contributed by atoms with Gasteiger partial charge in [-0.2, -0.15) is 0 Å². The lowest BCUT2D eigenvalue weighted by molar-refractivity contribution is 0.103. The summed E-state index contributed by atoms with van der Waals surface area (Å²) in [5.74, 6) is -0.467. The maximum absolute atomic E-state index is 14.9. The zero-order chi connectivity index (χ0) is 36.8. The number of ketones is 2. The molecule has 0 aliphatic carbocycles. The van der Waals surface area contributed by atoms with E-state index in [1.54, 1.807) is 24.3 Å². The summed E-state index contributed by atoms with van der Waals surface area (Å²) in [6, 6.07) is 42.9. The van der Waals surface area contributed by atoms with E-state index in [0.717, 1.165) is 55.8 Å². The van der Waals surface area contributed by atoms with Gasteiger partial charge in [0.25, 0.3) is 0 Å². The Morgan fingerprint density at radius 3 is 1.70 bits per heavy atom. The zero-order valence-electron chi connectivity index (χ0n) is 29.7. The fourth-order valence-electron chi connectivity index (χ4n) is 7.17. The zero-order valence-corrected chi connectivity index (χ0v) is 29.7. The van der Waals surface area contributed by atoms with E-state index in [2.05, 4.69) is 78.4 Å². The Kier molecular flexibility index (Phi) is 8.13. The summed E-state index contributed by atoms with van der Waals surface area (Å²) in [4.78, 5) is 47.0. The number of aromatic nitrogens is 4. The van der Waals surface area contributed by atoms with E-state index in [0.29, 0.717) is 44.7 Å². The molecule has 54 heavy (non-hydrogen) atoms. The highest BCUT2D eigenvalue weighted by Gasteiger charge is 2.25. The molecule has 2 aliphatic rings. The maximum atomic E-state index is 14.9. The SMILES string of the molecule is Cc1ccc(-c2c3nc(c(C(=O)c4ccccc4)c4[nH]c(cc4C(=O)c4ccccc4)c(-c4ccc(C)cc4)c4nc(cc5ccc2[nH]5)C=C4)C=C3)cc1. The van der Waals surface area contributed by atoms with Gasteiger partial charge in [-0.25, -0.2) is 9.97 Å². The van der Waals surface area contributed by atoms with Crippen molar-refractivity contribution in [1.29, 1.82) is 0 Å². The van der Waals surface area contributed by atoms with Gasteiger partial charge in [0.15, 0.2) is 11.6 Å². The lowest BCUT2D eigenvalue weighted by Gasteiger charge is -2.07. The van der Waals surface area contributed by atoms with E-state index in [-0.39, 0.29) is 11.6 Å². The Hall–Kier alpha value is -7.18. The molecule has 7 aromatic rings. The highest BCUT2D eigenvalue weighted by Crippen LogP contribution is 2.36. The van der Waals surface area contributed by atoms with E-state index >= 15 is 0 Å². The Balaban J connectivity index is 1.48. The van der Waals surface area contributed by atoms with Gasteiger partial charge in [0, 0.05) is 44.4 Å². The Morgan fingerprint density at radius 1 is 0.500 bits per heavy atom. The Morgan fingerprint density at radius 2 is 1.06 bits per heavy atom. The lowest BCUT2D eigenvalue weighted by atomic mass is 9.97. The minimum atomic E-state index is -0.254. The van der Waals surface area contributed by atoms with Gasteiger partial charge in [-0.15, -0.1) is 0 Å². The first-order valence-electron chi connectivity index (χ1n) is 17.9. The number of aromatic amines is 2. The number of aryl methyl sites for hydroxylation is 2. The van der Waals surface area contributed by atoms with Crippen molar-refractivity contribution in [2.45, 2.75) is 13.8 Å². The number of H-pyrrole nitrogens is 2. The third kappa shape index (κ3) is 5.99. The molecular formula is C48H34N4O2. The molecule has 0 unspecified atom stereocenters. The third-order valence-electron chi connectivity index (χ3n) is 9.91. The summed E-state index contributed by atoms with van der Waals surface area (Å²) < 4.78 is 0. The molecule has 0 saturated carbocycles. The molecule has 4 aromatic carbocycles. The van der Waals surface area contributed by atoms with Crippen molar-refractivity contribution in [3.05, 3.63) is 190 Å². The van der Waals surface area contributed by atoms with Gasteiger partial charge < -0.3 is 9.97 Å². The summed E-state index contributed by atoms with van der Waals surface area (Å²) in [7, 11) is 0. The second-order valence-electron chi connectivity index (χ2n) is 13.7. The van der Waals surface area contributed by atoms with E-state index in [1.165, 1.54) is 0 Å². The minimum absolute atomic E-state index is 0.214. The van der Waals surface area contributed by atoms with Crippen LogP contribution in [0.5, 0.6) is 0 Å². The van der Waals surface area contributed by atoms with Crippen LogP contribution in [0.25, 0.3) is 68.6 Å². The molecule has 6 nitrogen and oxygen atoms in total. The Bertz CT molecular complexity index is 2840. The van der Waals surface area contributed by atoms with Crippen molar-refractivity contribution < 1.29 is 9.59 Å². The summed E-state index contributed by atoms with van der Waals surface area (Å²) in [6.07, 6.45) is 7.81. The number of carbonyl (C=O) groups is 2. The standard InChI is InChI=1S/C48H34N4O2/c1-29-13-17-31(18-14-29)43-38-23-21-35(49-38)27-36-22-24-39(50-36)44(32-19-15-30(2)16-20-32)42-28-37(47(53)33-9-5-3-6-10-33)46(52-42)45(41-26-25-40(43)51-41)48(54)34-11-7-4-8-12-34/h3-28,49,52H,1-2H3. The first-order chi connectivity index (χ1) is 26.4. The van der Waals surface area contributed by atoms with Gasteiger partial charge in [-0.1, -0.05) is 120 Å². The smallest absolute Gasteiger partial charge is 0.197 e. The van der Waals surface area contributed by atoms with E-state index in [4.69, 9.17) is 9.97 Å². The fraction of sp³-hybridized carbons (Fsp3) is 0.0417. The highest BCUT2D eigenvalue weighted by molar-refractivity contribution is 6.22. The molecule has 8 bridgehead atoms. The largest absolute Gasteiger partial charge is 0.355 e. The first-order valence-corrected chi connectivity index (χ1v) is 17.9. The first kappa shape index (κ1) is 32.7. The van der Waals surface area contributed by atoms with Crippen molar-refractivity contribution in [1.82, 2.24) is 19.9 Å². The van der Waals surface area contributed by atoms with Crippen LogP contribution in [0, 0.1) is 13.8 Å². The van der Waals surface area contributed by atoms with Gasteiger partial charge in [0.1, 0.15) is 0 Å². The highest BCUT2D eigenvalue weighted by atomic mass is 16.1. The van der Waals surface area contributed by atoms with Crippen molar-refractivity contribution in [3.8, 4) is 22.3 Å². The number of nitrogens with zero attached hydrogens (tertiary/aromatic N) is 2. The second-order valence-corrected chi connectivity index (χ2v) is 13.7. The van der Waals surface area contributed by atoms with E-state index in [1.807, 2.05) is 78.9 Å². The van der Waals surface area contributed by atoms with Crippen molar-refractivity contribution in [2.24, 2.45) is 0 Å². The molecule has 0 saturated heterocycles. The van der Waals surface area contributed by atoms with Gasteiger partial charge in [-0.3, -0.25) is 9.59 Å². The van der Waals surface area contributed by atoms with Crippen LogP contribution >= 0.6 is 0 Å². The topological polar surface area (TPSA) is 91.5 Å². The monoisotopic (exact) mass is 698 g/mol. The third-order valence-corrected chi connectivity index (χ3v) is 9.91. The van der Waals surface area contributed by atoms with Crippen LogP contribution in [0.3, 0.4) is 0 Å². The average Bonchev–Trinajstić information content (AvgIpc) is 4.04. The number of carbonyl (C=O) groups excluding carboxylic acids is 2. The normalized spacial score (nSPS) is 11.9. The summed E-state index contributed by atoms with van der Waals surface area (Å²) in [5, 5.41) is 0. The van der Waals surface area contributed by atoms with Crippen LogP contribution in [0.4, 0.5) is 0 Å². The minimum Gasteiger partial charge on any atom is -0.355 e. The molecule has 0 fully saturated rings. The van der Waals surface area contributed by atoms with Crippen LogP contribution in [-0.2, 0) is 0 Å². The van der Waals surface area contributed by atoms with Crippen LogP contribution in [0.15, 0.2) is 133 Å². The number of benzene rings is 4. The molecule has 6 heteroatoms. The molecule has 258 valence electrons. The predicted octanol–water partition coefficient (Wildman–Crippen LogP) is 11.1. The molecule has 9 rings (SSSR count). The van der Waals surface area contributed by atoms with Crippen molar-refractivity contribution in [2.75, 3.05) is 0 Å². The van der Waals surface area contributed by atoms with Crippen LogP contribution in [0.2, 0.25) is 0 Å². The van der Waals surface area contributed by atoms with Crippen LogP contribution < -0.4 is 0 Å². The maximum Gasteiger partial charge on any atom is 0.197 e. The molecule has 0 atom stereocenters. The number of fused-ring (bicyclic) bond motifs is 8. The van der Waals surface area contributed by atoms with Crippen molar-refractivity contribution >= 4 is 57.9 Å². The molecule has 3 aromatic heterocycles. The molecular weight excluding hydrogens is 665 g/mol. The molecule has 5 heterocycles. The van der Waals surface area contributed by atoms with Crippen LogP contribution in [-0.4, -0.2) is 31.5 Å². The second kappa shape index (κ2) is 13.4. The van der Waals surface area contributed by atoms with E-state index in [9.17, 15) is 9.59 Å². The van der Waals surface area contributed by atoms with Crippen LogP contribution in [0.1, 0.15) is 65.7 Å². The van der Waals surface area contributed by atoms with E-state index < -0.39 is 0 Å².